The zero-order valence-corrected chi connectivity index (χ0v) is 34.0. The van der Waals surface area contributed by atoms with Crippen molar-refractivity contribution >= 4 is 0 Å². The Kier molecular flexibility index (Phi) is 17.8. The van der Waals surface area contributed by atoms with Crippen LogP contribution in [0.1, 0.15) is 23.1 Å². The normalized spacial score (nSPS) is 32.3. The molecule has 2 heterocycles. The molecule has 2 aliphatic heterocycles. The molecule has 2 saturated heterocycles. The molecule has 25 nitrogen and oxygen atoms in total. The molecule has 0 spiro atoms. The quantitative estimate of drug-likeness (QED) is 0.0664. The summed E-state index contributed by atoms with van der Waals surface area (Å²) >= 11 is 0. The Morgan fingerprint density at radius 1 is 0.484 bits per heavy atom. The van der Waals surface area contributed by atoms with Crippen LogP contribution in [0.4, 0.5) is 0 Å². The van der Waals surface area contributed by atoms with E-state index in [-0.39, 0.29) is 32.8 Å². The first kappa shape index (κ1) is 47.3. The fraction of sp³-hybridized carbons (Fsp3) is 0.538. The van der Waals surface area contributed by atoms with Gasteiger partial charge >= 0.3 is 0 Å². The van der Waals surface area contributed by atoms with Gasteiger partial charge in [0.1, 0.15) is 36.6 Å². The molecular formula is C39H45N15O10. The zero-order valence-electron chi connectivity index (χ0n) is 34.0. The van der Waals surface area contributed by atoms with Crippen molar-refractivity contribution in [1.82, 2.24) is 0 Å². The highest BCUT2D eigenvalue weighted by molar-refractivity contribution is 5.16. The number of hydrogen-bond donors (Lipinski definition) is 3. The summed E-state index contributed by atoms with van der Waals surface area (Å²) in [6.07, 6.45) is -17.5. The highest BCUT2D eigenvalue weighted by Gasteiger charge is 2.54. The third kappa shape index (κ3) is 12.1. The molecule has 3 fully saturated rings. The van der Waals surface area contributed by atoms with Crippen molar-refractivity contribution in [2.45, 2.75) is 118 Å². The van der Waals surface area contributed by atoms with Crippen molar-refractivity contribution in [3.8, 4) is 0 Å². The van der Waals surface area contributed by atoms with Crippen molar-refractivity contribution < 1.29 is 48.5 Å². The molecular weight excluding hydrogens is 839 g/mol. The number of azide groups is 5. The molecule has 0 amide bonds. The molecule has 3 aromatic rings. The summed E-state index contributed by atoms with van der Waals surface area (Å²) < 4.78 is 45.0. The van der Waals surface area contributed by atoms with Gasteiger partial charge in [0, 0.05) is 24.6 Å². The van der Waals surface area contributed by atoms with Gasteiger partial charge in [0.25, 0.3) is 0 Å². The Balaban J connectivity index is 1.39. The van der Waals surface area contributed by atoms with Gasteiger partial charge in [0.05, 0.1) is 75.5 Å². The van der Waals surface area contributed by atoms with Crippen LogP contribution in [0.5, 0.6) is 0 Å². The van der Waals surface area contributed by atoms with Crippen molar-refractivity contribution in [3.05, 3.63) is 160 Å². The maximum Gasteiger partial charge on any atom is 0.187 e. The third-order valence-corrected chi connectivity index (χ3v) is 10.8. The monoisotopic (exact) mass is 883 g/mol. The Labute approximate surface area is 364 Å². The van der Waals surface area contributed by atoms with E-state index in [1.165, 1.54) is 0 Å². The second-order valence-electron chi connectivity index (χ2n) is 14.8. The van der Waals surface area contributed by atoms with E-state index in [0.717, 1.165) is 16.7 Å². The first-order chi connectivity index (χ1) is 31.3. The fourth-order valence-electron chi connectivity index (χ4n) is 7.77. The second kappa shape index (κ2) is 24.0. The standard InChI is InChI=1S/C39H45N15O10/c40-50-45-17-27-30(55)31(56)29(49-54-44)38(61-27)63-33-25(47-52-42)16-26(48-53-43)34(32(33)57)64-39-37(60-21-24-14-8-3-9-15-24)36(59-20-23-12-6-2-7-13-23)35(28(62-39)18-46-51-41)58-19-22-10-4-1-5-11-22/h1-15,25-39,55-57H,16-21H2/t25-,26+,27+,28+,29+,30+,31+,32-,33+,34-,35-,36-,37+,38+,39+/m0/s1. The van der Waals surface area contributed by atoms with Crippen molar-refractivity contribution in [3.63, 3.8) is 0 Å². The zero-order chi connectivity index (χ0) is 45.3. The molecule has 6 rings (SSSR count). The highest BCUT2D eigenvalue weighted by Crippen LogP contribution is 2.38. The Hall–Kier alpha value is -6.19. The first-order valence-corrected chi connectivity index (χ1v) is 20.1. The molecule has 1 aliphatic carbocycles. The van der Waals surface area contributed by atoms with E-state index in [4.69, 9.17) is 38.7 Å². The summed E-state index contributed by atoms with van der Waals surface area (Å²) in [5.41, 5.74) is 49.4. The fourth-order valence-corrected chi connectivity index (χ4v) is 7.77. The van der Waals surface area contributed by atoms with Gasteiger partial charge in [0.15, 0.2) is 12.6 Å². The van der Waals surface area contributed by atoms with Crippen molar-refractivity contribution in [1.29, 1.82) is 0 Å². The number of ether oxygens (including phenoxy) is 7. The van der Waals surface area contributed by atoms with E-state index in [0.29, 0.717) is 0 Å². The van der Waals surface area contributed by atoms with Crippen LogP contribution in [0, 0.1) is 0 Å². The van der Waals surface area contributed by atoms with E-state index in [2.05, 4.69) is 50.1 Å². The van der Waals surface area contributed by atoms with Crippen molar-refractivity contribution in [2.24, 2.45) is 25.6 Å². The van der Waals surface area contributed by atoms with Crippen LogP contribution < -0.4 is 0 Å². The average Bonchev–Trinajstić information content (AvgIpc) is 3.32. The van der Waals surface area contributed by atoms with Gasteiger partial charge in [-0.25, -0.2) is 0 Å². The summed E-state index contributed by atoms with van der Waals surface area (Å²) in [4.78, 5) is 14.2. The van der Waals surface area contributed by atoms with E-state index in [1.807, 2.05) is 91.0 Å². The molecule has 3 N–H and O–H groups in total. The maximum atomic E-state index is 12.2. The lowest BCUT2D eigenvalue weighted by molar-refractivity contribution is -0.344. The Bertz CT molecular complexity index is 2190. The molecule has 3 aliphatic rings. The summed E-state index contributed by atoms with van der Waals surface area (Å²) in [5.74, 6) is 0. The SMILES string of the molecule is [N-]=[N+]=NC[C@H]1O[C@H](O[C@H]2[C@H](O)[C@@H](O[C@H]3O[C@H](CN=[N+]=[N-])[C@H](OCc4ccccc4)[C@H](OCc4ccccc4)[C@H]3OCc3ccccc3)[C@H](N=[N+]=[N-])C[C@@H]2N=[N+]=[N-])[C@H](N=[N+]=[N-])[C@@H](O)[C@@H]1O. The minimum atomic E-state index is -1.86. The van der Waals surface area contributed by atoms with E-state index < -0.39 is 98.3 Å². The van der Waals surface area contributed by atoms with E-state index in [1.54, 1.807) is 0 Å². The molecule has 1 saturated carbocycles. The molecule has 3 aromatic carbocycles. The summed E-state index contributed by atoms with van der Waals surface area (Å²) in [6, 6.07) is 23.7. The smallest absolute Gasteiger partial charge is 0.187 e. The Morgan fingerprint density at radius 3 is 1.41 bits per heavy atom. The summed E-state index contributed by atoms with van der Waals surface area (Å²) in [6.45, 7) is -0.572. The highest BCUT2D eigenvalue weighted by atomic mass is 16.7. The Morgan fingerprint density at radius 2 is 0.922 bits per heavy atom. The molecule has 0 radical (unpaired) electrons. The lowest BCUT2D eigenvalue weighted by Crippen LogP contribution is -2.65. The molecule has 0 aromatic heterocycles. The van der Waals surface area contributed by atoms with Crippen molar-refractivity contribution in [2.75, 3.05) is 13.1 Å². The number of benzene rings is 3. The topological polar surface area (TPSA) is 369 Å². The van der Waals surface area contributed by atoms with Gasteiger partial charge in [0.2, 0.25) is 0 Å². The number of nitrogens with zero attached hydrogens (tertiary/aromatic N) is 15. The minimum absolute atomic E-state index is 0.00897. The van der Waals surface area contributed by atoms with Crippen LogP contribution >= 0.6 is 0 Å². The van der Waals surface area contributed by atoms with Gasteiger partial charge in [-0.2, -0.15) is 0 Å². The lowest BCUT2D eigenvalue weighted by atomic mass is 9.84. The molecule has 64 heavy (non-hydrogen) atoms. The van der Waals surface area contributed by atoms with Crippen LogP contribution in [0.3, 0.4) is 0 Å². The minimum Gasteiger partial charge on any atom is -0.390 e. The number of rotatable bonds is 20. The van der Waals surface area contributed by atoms with Crippen LogP contribution in [0.25, 0.3) is 52.2 Å². The van der Waals surface area contributed by atoms with Gasteiger partial charge in [-0.15, -0.1) is 0 Å². The molecule has 0 bridgehead atoms. The van der Waals surface area contributed by atoms with Crippen LogP contribution in [-0.2, 0) is 53.0 Å². The average molecular weight is 884 g/mol. The van der Waals surface area contributed by atoms with E-state index in [9.17, 15) is 37.4 Å². The number of aliphatic hydroxyl groups excluding tert-OH is 3. The molecule has 336 valence electrons. The number of hydrogen-bond acceptors (Lipinski definition) is 15. The largest absolute Gasteiger partial charge is 0.390 e. The van der Waals surface area contributed by atoms with E-state index >= 15 is 0 Å². The predicted molar refractivity (Wildman–Crippen MR) is 222 cm³/mol. The molecule has 15 atom stereocenters. The predicted octanol–water partition coefficient (Wildman–Crippen LogP) is 6.11. The molecule has 0 unspecified atom stereocenters. The van der Waals surface area contributed by atoms with Gasteiger partial charge in [-0.3, -0.25) is 0 Å². The second-order valence-corrected chi connectivity index (χ2v) is 14.8. The lowest BCUT2D eigenvalue weighted by Gasteiger charge is -2.49. The van der Waals surface area contributed by atoms with Crippen LogP contribution in [-0.4, -0.2) is 120 Å². The van der Waals surface area contributed by atoms with Gasteiger partial charge in [-0.05, 0) is 50.8 Å². The maximum absolute atomic E-state index is 12.2. The van der Waals surface area contributed by atoms with Crippen LogP contribution in [0.15, 0.2) is 117 Å². The number of aliphatic hydroxyl groups is 3. The van der Waals surface area contributed by atoms with Crippen LogP contribution in [0.2, 0.25) is 0 Å². The third-order valence-electron chi connectivity index (χ3n) is 10.8. The van der Waals surface area contributed by atoms with Gasteiger partial charge in [-0.1, -0.05) is 117 Å². The summed E-state index contributed by atoms with van der Waals surface area (Å²) in [5, 5.41) is 52.3. The first-order valence-electron chi connectivity index (χ1n) is 20.1. The van der Waals surface area contributed by atoms with Gasteiger partial charge < -0.3 is 48.5 Å². The molecule has 25 heteroatoms. The summed E-state index contributed by atoms with van der Waals surface area (Å²) in [7, 11) is 0.